The molecule has 0 aliphatic carbocycles. The van der Waals surface area contributed by atoms with Crippen molar-refractivity contribution in [3.05, 3.63) is 117 Å². The van der Waals surface area contributed by atoms with Gasteiger partial charge < -0.3 is 40.0 Å². The molecular weight excluding hydrogens is 732 g/mol. The molecule has 4 N–H and O–H groups in total. The number of rotatable bonds is 10. The first-order valence-electron chi connectivity index (χ1n) is 19.1. The number of benzene rings is 4. The van der Waals surface area contributed by atoms with Crippen molar-refractivity contribution in [2.75, 3.05) is 32.8 Å². The number of fused-ring (bicyclic) bond motifs is 3. The van der Waals surface area contributed by atoms with Crippen LogP contribution in [0.4, 0.5) is 5.69 Å². The Morgan fingerprint density at radius 3 is 2.59 bits per heavy atom. The Morgan fingerprint density at radius 2 is 1.82 bits per heavy atom. The summed E-state index contributed by atoms with van der Waals surface area (Å²) in [5, 5.41) is 26.1. The highest BCUT2D eigenvalue weighted by atomic mass is 35.5. The Balaban J connectivity index is 1.20. The summed E-state index contributed by atoms with van der Waals surface area (Å²) in [6.45, 7) is 15.7. The van der Waals surface area contributed by atoms with Crippen molar-refractivity contribution in [2.45, 2.75) is 77.9 Å². The standard InChI is InChI=1S/C44H49ClN4O7/c1-28-31(9-6-10-36(28)37-11-7-13-40(29(37)2)54-18-8-16-49-17-14-35(50)25-49)27-56-42-23-41-33(22-38(42)45)24-48-39(44(52)53)12-4-5-15-47-43(51)32-19-30(26-55-41)20-34(21-32)46-3/h6-7,9-11,13,19-23,35,39,48,50H,4-5,8,12,14-18,24-27H2,1-2H3,(H,47,51)(H,52,53)/t35-,39+/m1/s1. The summed E-state index contributed by atoms with van der Waals surface area (Å²) in [6, 6.07) is 19.8. The predicted octanol–water partition coefficient (Wildman–Crippen LogP) is 7.62. The van der Waals surface area contributed by atoms with E-state index in [1.165, 1.54) is 0 Å². The van der Waals surface area contributed by atoms with Gasteiger partial charge in [0.15, 0.2) is 5.69 Å². The molecule has 1 saturated heterocycles. The number of carboxylic acid groups (broad SMARTS) is 1. The summed E-state index contributed by atoms with van der Waals surface area (Å²) in [7, 11) is 0. The normalized spacial score (nSPS) is 17.9. The van der Waals surface area contributed by atoms with Gasteiger partial charge in [-0.25, -0.2) is 4.85 Å². The zero-order valence-electron chi connectivity index (χ0n) is 31.9. The van der Waals surface area contributed by atoms with E-state index in [0.717, 1.165) is 66.0 Å². The first-order chi connectivity index (χ1) is 27.1. The van der Waals surface area contributed by atoms with Gasteiger partial charge in [-0.15, -0.1) is 0 Å². The number of halogens is 1. The highest BCUT2D eigenvalue weighted by Crippen LogP contribution is 2.37. The molecule has 1 fully saturated rings. The molecule has 2 atom stereocenters. The Hall–Kier alpha value is -5.12. The lowest BCUT2D eigenvalue weighted by Gasteiger charge is -2.20. The van der Waals surface area contributed by atoms with E-state index in [1.807, 2.05) is 24.3 Å². The molecule has 4 aromatic rings. The fraction of sp³-hybridized carbons (Fsp3) is 0.386. The van der Waals surface area contributed by atoms with E-state index in [2.05, 4.69) is 46.4 Å². The van der Waals surface area contributed by atoms with Crippen LogP contribution in [-0.4, -0.2) is 71.9 Å². The van der Waals surface area contributed by atoms with Crippen LogP contribution in [0.25, 0.3) is 16.0 Å². The van der Waals surface area contributed by atoms with E-state index in [-0.39, 0.29) is 31.8 Å². The maximum absolute atomic E-state index is 12.9. The third kappa shape index (κ3) is 10.4. The van der Waals surface area contributed by atoms with Crippen LogP contribution in [0.2, 0.25) is 5.02 Å². The van der Waals surface area contributed by atoms with Crippen molar-refractivity contribution in [1.82, 2.24) is 15.5 Å². The van der Waals surface area contributed by atoms with Crippen LogP contribution in [-0.2, 0) is 24.6 Å². The molecule has 2 bridgehead atoms. The topological polar surface area (TPSA) is 134 Å². The van der Waals surface area contributed by atoms with Gasteiger partial charge in [0.2, 0.25) is 5.91 Å². The van der Waals surface area contributed by atoms with Crippen LogP contribution >= 0.6 is 11.6 Å². The van der Waals surface area contributed by atoms with Gasteiger partial charge in [0, 0.05) is 49.9 Å². The number of hydrogen-bond acceptors (Lipinski definition) is 8. The summed E-state index contributed by atoms with van der Waals surface area (Å²) in [6.07, 6.45) is 3.05. The summed E-state index contributed by atoms with van der Waals surface area (Å²) < 4.78 is 18.9. The molecule has 0 unspecified atom stereocenters. The van der Waals surface area contributed by atoms with Gasteiger partial charge in [0.25, 0.3) is 0 Å². The summed E-state index contributed by atoms with van der Waals surface area (Å²) in [5.41, 5.74) is 7.18. The molecule has 0 saturated carbocycles. The van der Waals surface area contributed by atoms with Gasteiger partial charge in [0.1, 0.15) is 36.5 Å². The number of β-amino-alcohol motifs (C(OH)–C–C–N with tert-alkyl or cyclic N) is 1. The largest absolute Gasteiger partial charge is 0.493 e. The Morgan fingerprint density at radius 1 is 1.02 bits per heavy atom. The van der Waals surface area contributed by atoms with Gasteiger partial charge in [-0.2, -0.15) is 0 Å². The van der Waals surface area contributed by atoms with Crippen molar-refractivity contribution in [1.29, 1.82) is 0 Å². The minimum Gasteiger partial charge on any atom is -0.493 e. The molecule has 56 heavy (non-hydrogen) atoms. The average Bonchev–Trinajstić information content (AvgIpc) is 3.61. The molecular formula is C44H49ClN4O7. The molecule has 2 heterocycles. The molecule has 0 spiro atoms. The van der Waals surface area contributed by atoms with Crippen LogP contribution in [0.1, 0.15) is 70.3 Å². The summed E-state index contributed by atoms with van der Waals surface area (Å²) in [4.78, 5) is 30.9. The fourth-order valence-electron chi connectivity index (χ4n) is 7.23. The highest BCUT2D eigenvalue weighted by molar-refractivity contribution is 6.32. The van der Waals surface area contributed by atoms with E-state index in [1.54, 1.807) is 30.3 Å². The third-order valence-corrected chi connectivity index (χ3v) is 10.7. The van der Waals surface area contributed by atoms with E-state index >= 15 is 0 Å². The number of nitrogens with one attached hydrogen (secondary N) is 2. The van der Waals surface area contributed by atoms with Crippen molar-refractivity contribution in [2.24, 2.45) is 0 Å². The SMILES string of the molecule is [C-]#[N+]c1cc2cc(c1)C(=O)NCCCC[C@@H](C(=O)O)NCc1cc(Cl)c(OCc3cccc(-c4cccc(OCCCN5CC[C@@H](O)C5)c4C)c3C)cc1OC2. The molecule has 2 aliphatic heterocycles. The number of hydrogen-bond donors (Lipinski definition) is 4. The fourth-order valence-corrected chi connectivity index (χ4v) is 7.47. The zero-order chi connectivity index (χ0) is 39.6. The first kappa shape index (κ1) is 40.5. The molecule has 4 aromatic carbocycles. The van der Waals surface area contributed by atoms with Crippen LogP contribution in [0.5, 0.6) is 17.2 Å². The number of carbonyl (C=O) groups excluding carboxylic acids is 1. The first-order valence-corrected chi connectivity index (χ1v) is 19.5. The second kappa shape index (κ2) is 19.2. The Kier molecular flexibility index (Phi) is 13.9. The smallest absolute Gasteiger partial charge is 0.320 e. The minimum atomic E-state index is -0.965. The second-order valence-electron chi connectivity index (χ2n) is 14.5. The lowest BCUT2D eigenvalue weighted by molar-refractivity contribution is -0.139. The number of likely N-dealkylation sites (tertiary alicyclic amines) is 1. The van der Waals surface area contributed by atoms with Crippen molar-refractivity contribution < 1.29 is 34.0 Å². The summed E-state index contributed by atoms with van der Waals surface area (Å²) >= 11 is 6.82. The highest BCUT2D eigenvalue weighted by Gasteiger charge is 2.21. The number of nitrogens with zero attached hydrogens (tertiary/aromatic N) is 2. The number of aliphatic hydroxyl groups is 1. The minimum absolute atomic E-state index is 0.0476. The number of carboxylic acids is 1. The van der Waals surface area contributed by atoms with Gasteiger partial charge in [-0.3, -0.25) is 9.59 Å². The molecule has 11 nitrogen and oxygen atoms in total. The predicted molar refractivity (Wildman–Crippen MR) is 216 cm³/mol. The van der Waals surface area contributed by atoms with E-state index in [9.17, 15) is 19.8 Å². The van der Waals surface area contributed by atoms with Gasteiger partial charge in [-0.1, -0.05) is 41.9 Å². The lowest BCUT2D eigenvalue weighted by atomic mass is 9.93. The van der Waals surface area contributed by atoms with E-state index < -0.39 is 12.0 Å². The van der Waals surface area contributed by atoms with Crippen molar-refractivity contribution in [3.63, 3.8) is 0 Å². The molecule has 0 radical (unpaired) electrons. The number of ether oxygens (including phenoxy) is 3. The van der Waals surface area contributed by atoms with E-state index in [4.69, 9.17) is 32.4 Å². The Bertz CT molecular complexity index is 2080. The second-order valence-corrected chi connectivity index (χ2v) is 14.9. The zero-order valence-corrected chi connectivity index (χ0v) is 32.7. The van der Waals surface area contributed by atoms with Crippen molar-refractivity contribution >= 4 is 29.2 Å². The molecule has 2 aliphatic rings. The van der Waals surface area contributed by atoms with Crippen molar-refractivity contribution in [3.8, 4) is 28.4 Å². The quantitative estimate of drug-likeness (QED) is 0.0948. The van der Waals surface area contributed by atoms with Crippen LogP contribution in [0, 0.1) is 20.4 Å². The maximum Gasteiger partial charge on any atom is 0.320 e. The van der Waals surface area contributed by atoms with E-state index in [0.29, 0.717) is 71.3 Å². The van der Waals surface area contributed by atoms with Gasteiger partial charge in [-0.05, 0) is 110 Å². The molecule has 0 aromatic heterocycles. The number of amides is 1. The third-order valence-electron chi connectivity index (χ3n) is 10.4. The Labute approximate surface area is 333 Å². The summed E-state index contributed by atoms with van der Waals surface area (Å²) in [5.74, 6) is 0.401. The lowest BCUT2D eigenvalue weighted by Crippen LogP contribution is -2.36. The number of aliphatic carboxylic acids is 1. The molecule has 1 amide bonds. The van der Waals surface area contributed by atoms with Gasteiger partial charge >= 0.3 is 5.97 Å². The van der Waals surface area contributed by atoms with Crippen LogP contribution in [0.15, 0.2) is 66.7 Å². The number of carbonyl (C=O) groups is 2. The molecule has 6 rings (SSSR count). The van der Waals surface area contributed by atoms with Crippen LogP contribution in [0.3, 0.4) is 0 Å². The molecule has 12 heteroatoms. The number of aliphatic hydroxyl groups excluding tert-OH is 1. The molecule has 294 valence electrons. The van der Waals surface area contributed by atoms with Gasteiger partial charge in [0.05, 0.1) is 24.3 Å². The monoisotopic (exact) mass is 780 g/mol. The van der Waals surface area contributed by atoms with Crippen LogP contribution < -0.4 is 24.8 Å². The average molecular weight is 781 g/mol. The maximum atomic E-state index is 12.9.